The fourth-order valence-corrected chi connectivity index (χ4v) is 3.28. The Labute approximate surface area is 117 Å². The van der Waals surface area contributed by atoms with E-state index in [1.165, 1.54) is 0 Å². The number of carbonyl (C=O) groups is 1. The summed E-state index contributed by atoms with van der Waals surface area (Å²) in [5, 5.41) is 8.69. The Hall–Kier alpha value is -1.81. The van der Waals surface area contributed by atoms with Crippen LogP contribution >= 0.6 is 0 Å². The van der Waals surface area contributed by atoms with Gasteiger partial charge in [0.15, 0.2) is 0 Å². The van der Waals surface area contributed by atoms with E-state index in [2.05, 4.69) is 4.74 Å². The van der Waals surface area contributed by atoms with Gasteiger partial charge in [-0.1, -0.05) is 0 Å². The number of rotatable bonds is 4. The highest BCUT2D eigenvalue weighted by Crippen LogP contribution is 2.28. The third-order valence-electron chi connectivity index (χ3n) is 2.89. The van der Waals surface area contributed by atoms with E-state index < -0.39 is 34.0 Å². The third-order valence-corrected chi connectivity index (χ3v) is 4.74. The molecule has 1 fully saturated rings. The second kappa shape index (κ2) is 5.19. The molecule has 1 aromatic carbocycles. The Morgan fingerprint density at radius 1 is 1.24 bits per heavy atom. The fourth-order valence-electron chi connectivity index (χ4n) is 1.75. The summed E-state index contributed by atoms with van der Waals surface area (Å²) < 4.78 is 64.6. The standard InChI is InChI=1S/C11H10F3NO5S/c12-11(13,14)20-8-1-3-9(4-2-8)21(18,19)15-5-7(6-15)10(16)17/h1-4,7H,5-6H2,(H,16,17). The minimum Gasteiger partial charge on any atom is -0.481 e. The molecular formula is C11H10F3NO5S. The van der Waals surface area contributed by atoms with Crippen LogP contribution in [0.1, 0.15) is 0 Å². The molecule has 0 atom stereocenters. The van der Waals surface area contributed by atoms with Crippen LogP contribution in [0.25, 0.3) is 0 Å². The molecule has 1 saturated heterocycles. The van der Waals surface area contributed by atoms with E-state index in [9.17, 15) is 26.4 Å². The van der Waals surface area contributed by atoms with E-state index in [0.717, 1.165) is 28.6 Å². The highest BCUT2D eigenvalue weighted by Gasteiger charge is 2.40. The van der Waals surface area contributed by atoms with Crippen molar-refractivity contribution in [2.24, 2.45) is 5.92 Å². The number of alkyl halides is 3. The first-order valence-corrected chi connectivity index (χ1v) is 7.12. The molecule has 0 aromatic heterocycles. The molecule has 116 valence electrons. The topological polar surface area (TPSA) is 83.9 Å². The summed E-state index contributed by atoms with van der Waals surface area (Å²) in [5.74, 6) is -2.38. The van der Waals surface area contributed by atoms with Crippen molar-refractivity contribution in [3.63, 3.8) is 0 Å². The van der Waals surface area contributed by atoms with Crippen LogP contribution < -0.4 is 4.74 Å². The summed E-state index contributed by atoms with van der Waals surface area (Å²) in [7, 11) is -3.90. The van der Waals surface area contributed by atoms with Gasteiger partial charge in [-0.15, -0.1) is 13.2 Å². The van der Waals surface area contributed by atoms with Crippen molar-refractivity contribution in [3.05, 3.63) is 24.3 Å². The molecule has 6 nitrogen and oxygen atoms in total. The van der Waals surface area contributed by atoms with Crippen molar-refractivity contribution in [2.45, 2.75) is 11.3 Å². The first kappa shape index (κ1) is 15.6. The molecule has 1 N–H and O–H groups in total. The van der Waals surface area contributed by atoms with Gasteiger partial charge in [0, 0.05) is 13.1 Å². The SMILES string of the molecule is O=C(O)C1CN(S(=O)(=O)c2ccc(OC(F)(F)F)cc2)C1. The monoisotopic (exact) mass is 325 g/mol. The van der Waals surface area contributed by atoms with Crippen LogP contribution in [0.15, 0.2) is 29.2 Å². The Morgan fingerprint density at radius 2 is 1.76 bits per heavy atom. The van der Waals surface area contributed by atoms with Crippen LogP contribution in [0.2, 0.25) is 0 Å². The van der Waals surface area contributed by atoms with Gasteiger partial charge < -0.3 is 9.84 Å². The molecule has 1 aliphatic rings. The highest BCUT2D eigenvalue weighted by molar-refractivity contribution is 7.89. The van der Waals surface area contributed by atoms with Crippen molar-refractivity contribution in [3.8, 4) is 5.75 Å². The smallest absolute Gasteiger partial charge is 0.481 e. The van der Waals surface area contributed by atoms with Gasteiger partial charge in [0.25, 0.3) is 0 Å². The molecule has 21 heavy (non-hydrogen) atoms. The van der Waals surface area contributed by atoms with Gasteiger partial charge in [-0.05, 0) is 24.3 Å². The Bertz CT molecular complexity index is 635. The molecule has 0 unspecified atom stereocenters. The molecule has 10 heteroatoms. The van der Waals surface area contributed by atoms with Crippen LogP contribution in [-0.2, 0) is 14.8 Å². The maximum atomic E-state index is 12.0. The molecule has 1 aliphatic heterocycles. The first-order chi connectivity index (χ1) is 9.59. The molecule has 0 radical (unpaired) electrons. The number of aliphatic carboxylic acids is 1. The normalized spacial score (nSPS) is 17.3. The molecule has 0 aliphatic carbocycles. The van der Waals surface area contributed by atoms with Gasteiger partial charge in [0.2, 0.25) is 10.0 Å². The molecule has 1 aromatic rings. The van der Waals surface area contributed by atoms with E-state index in [1.54, 1.807) is 0 Å². The van der Waals surface area contributed by atoms with Gasteiger partial charge in [-0.3, -0.25) is 4.79 Å². The minimum atomic E-state index is -4.85. The number of benzene rings is 1. The zero-order valence-corrected chi connectivity index (χ0v) is 11.2. The lowest BCUT2D eigenvalue weighted by Gasteiger charge is -2.35. The molecule has 0 saturated carbocycles. The minimum absolute atomic E-state index is 0.154. The van der Waals surface area contributed by atoms with Crippen molar-refractivity contribution in [1.29, 1.82) is 0 Å². The van der Waals surface area contributed by atoms with Crippen molar-refractivity contribution >= 4 is 16.0 Å². The number of hydrogen-bond donors (Lipinski definition) is 1. The Kier molecular flexibility index (Phi) is 3.85. The lowest BCUT2D eigenvalue weighted by Crippen LogP contribution is -2.52. The Morgan fingerprint density at radius 3 is 2.19 bits per heavy atom. The summed E-state index contributed by atoms with van der Waals surface area (Å²) >= 11 is 0. The Balaban J connectivity index is 2.10. The summed E-state index contributed by atoms with van der Waals surface area (Å²) in [6, 6.07) is 3.72. The molecule has 0 spiro atoms. The average molecular weight is 325 g/mol. The van der Waals surface area contributed by atoms with Gasteiger partial charge in [0.05, 0.1) is 10.8 Å². The first-order valence-electron chi connectivity index (χ1n) is 5.68. The summed E-state index contributed by atoms with van der Waals surface area (Å²) in [4.78, 5) is 10.4. The summed E-state index contributed by atoms with van der Waals surface area (Å²) in [5.41, 5.74) is 0. The number of nitrogens with zero attached hydrogens (tertiary/aromatic N) is 1. The molecule has 0 amide bonds. The number of hydrogen-bond acceptors (Lipinski definition) is 4. The quantitative estimate of drug-likeness (QED) is 0.902. The highest BCUT2D eigenvalue weighted by atomic mass is 32.2. The molecule has 1 heterocycles. The molecule has 2 rings (SSSR count). The lowest BCUT2D eigenvalue weighted by atomic mass is 10.0. The van der Waals surface area contributed by atoms with Crippen molar-refractivity contribution in [2.75, 3.05) is 13.1 Å². The van der Waals surface area contributed by atoms with Gasteiger partial charge in [-0.25, -0.2) is 8.42 Å². The zero-order chi connectivity index (χ0) is 15.8. The number of carboxylic acid groups (broad SMARTS) is 1. The fraction of sp³-hybridized carbons (Fsp3) is 0.364. The predicted octanol–water partition coefficient (Wildman–Crippen LogP) is 1.29. The van der Waals surface area contributed by atoms with Crippen molar-refractivity contribution in [1.82, 2.24) is 4.31 Å². The third kappa shape index (κ3) is 3.45. The second-order valence-electron chi connectivity index (χ2n) is 4.38. The van der Waals surface area contributed by atoms with E-state index in [4.69, 9.17) is 5.11 Å². The van der Waals surface area contributed by atoms with Crippen LogP contribution in [0.3, 0.4) is 0 Å². The van der Waals surface area contributed by atoms with E-state index >= 15 is 0 Å². The van der Waals surface area contributed by atoms with E-state index in [0.29, 0.717) is 0 Å². The predicted molar refractivity (Wildman–Crippen MR) is 63.0 cm³/mol. The number of ether oxygens (including phenoxy) is 1. The second-order valence-corrected chi connectivity index (χ2v) is 6.31. The van der Waals surface area contributed by atoms with E-state index in [-0.39, 0.29) is 18.0 Å². The maximum absolute atomic E-state index is 12.0. The maximum Gasteiger partial charge on any atom is 0.573 e. The van der Waals surface area contributed by atoms with Gasteiger partial charge in [0.1, 0.15) is 5.75 Å². The average Bonchev–Trinajstić information content (AvgIpc) is 2.24. The van der Waals surface area contributed by atoms with Crippen LogP contribution in [-0.4, -0.2) is 43.3 Å². The summed E-state index contributed by atoms with van der Waals surface area (Å²) in [6.07, 6.45) is -4.85. The number of halogens is 3. The zero-order valence-electron chi connectivity index (χ0n) is 10.4. The van der Waals surface area contributed by atoms with E-state index in [1.807, 2.05) is 0 Å². The number of carboxylic acids is 1. The summed E-state index contributed by atoms with van der Waals surface area (Å²) in [6.45, 7) is -0.309. The lowest BCUT2D eigenvalue weighted by molar-refractivity contribution is -0.274. The largest absolute Gasteiger partial charge is 0.573 e. The molecular weight excluding hydrogens is 315 g/mol. The van der Waals surface area contributed by atoms with Crippen molar-refractivity contribution < 1.29 is 36.2 Å². The van der Waals surface area contributed by atoms with Crippen LogP contribution in [0.5, 0.6) is 5.75 Å². The van der Waals surface area contributed by atoms with Gasteiger partial charge >= 0.3 is 12.3 Å². The molecule has 0 bridgehead atoms. The van der Waals surface area contributed by atoms with Crippen LogP contribution in [0.4, 0.5) is 13.2 Å². The van der Waals surface area contributed by atoms with Gasteiger partial charge in [-0.2, -0.15) is 4.31 Å². The van der Waals surface area contributed by atoms with Crippen LogP contribution in [0, 0.1) is 5.92 Å². The number of sulfonamides is 1.